The summed E-state index contributed by atoms with van der Waals surface area (Å²) in [5.74, 6) is -0.429. The van der Waals surface area contributed by atoms with Crippen molar-refractivity contribution in [3.8, 4) is 0 Å². The zero-order valence-electron chi connectivity index (χ0n) is 11.5. The molecule has 1 amide bonds. The molecule has 0 aromatic carbocycles. The van der Waals surface area contributed by atoms with E-state index in [2.05, 4.69) is 10.3 Å². The molecule has 0 spiro atoms. The summed E-state index contributed by atoms with van der Waals surface area (Å²) < 4.78 is 22.0. The molecular weight excluding hydrogens is 266 g/mol. The van der Waals surface area contributed by atoms with Crippen LogP contribution < -0.4 is 11.1 Å². The number of hydrogen-bond donors (Lipinski definition) is 2. The van der Waals surface area contributed by atoms with E-state index in [4.69, 9.17) is 5.73 Å². The number of pyridine rings is 1. The molecule has 1 aromatic heterocycles. The first-order valence-corrected chi connectivity index (χ1v) is 7.63. The van der Waals surface area contributed by atoms with E-state index in [1.165, 1.54) is 6.20 Å². The maximum absolute atomic E-state index is 11.9. The quantitative estimate of drug-likeness (QED) is 0.840. The lowest BCUT2D eigenvalue weighted by Gasteiger charge is -2.22. The Balaban J connectivity index is 2.82. The number of rotatable bonds is 4. The van der Waals surface area contributed by atoms with E-state index in [0.29, 0.717) is 11.4 Å². The van der Waals surface area contributed by atoms with Crippen LogP contribution in [0.15, 0.2) is 12.3 Å². The van der Waals surface area contributed by atoms with E-state index in [1.807, 2.05) is 0 Å². The smallest absolute Gasteiger partial charge is 0.254 e. The highest BCUT2D eigenvalue weighted by Gasteiger charge is 2.30. The van der Waals surface area contributed by atoms with Gasteiger partial charge in [0.15, 0.2) is 9.84 Å². The largest absolute Gasteiger partial charge is 0.398 e. The first-order valence-electron chi connectivity index (χ1n) is 5.74. The van der Waals surface area contributed by atoms with Gasteiger partial charge in [0.25, 0.3) is 5.91 Å². The number of carbonyl (C=O) groups is 1. The Morgan fingerprint density at radius 1 is 1.47 bits per heavy atom. The number of nitrogens with one attached hydrogen (secondary N) is 1. The fraction of sp³-hybridized carbons (Fsp3) is 0.500. The maximum Gasteiger partial charge on any atom is 0.254 e. The molecule has 0 bridgehead atoms. The van der Waals surface area contributed by atoms with Crippen molar-refractivity contribution in [1.82, 2.24) is 10.3 Å². The van der Waals surface area contributed by atoms with Crippen molar-refractivity contribution >= 4 is 21.4 Å². The zero-order chi connectivity index (χ0) is 14.8. The molecular formula is C12H19N3O3S. The minimum absolute atomic E-state index is 0.0119. The average Bonchev–Trinajstić information content (AvgIpc) is 2.24. The van der Waals surface area contributed by atoms with E-state index in [-0.39, 0.29) is 12.1 Å². The summed E-state index contributed by atoms with van der Waals surface area (Å²) in [6.07, 6.45) is 2.52. The molecule has 0 saturated heterocycles. The average molecular weight is 285 g/mol. The van der Waals surface area contributed by atoms with Gasteiger partial charge in [-0.05, 0) is 26.8 Å². The van der Waals surface area contributed by atoms with Gasteiger partial charge in [-0.25, -0.2) is 8.42 Å². The number of aromatic nitrogens is 1. The highest BCUT2D eigenvalue weighted by Crippen LogP contribution is 2.15. The van der Waals surface area contributed by atoms with Gasteiger partial charge in [-0.2, -0.15) is 0 Å². The van der Waals surface area contributed by atoms with Gasteiger partial charge in [-0.15, -0.1) is 0 Å². The van der Waals surface area contributed by atoms with Crippen LogP contribution >= 0.6 is 0 Å². The van der Waals surface area contributed by atoms with Crippen LogP contribution in [0.5, 0.6) is 0 Å². The zero-order valence-corrected chi connectivity index (χ0v) is 12.3. The second-order valence-electron chi connectivity index (χ2n) is 5.13. The van der Waals surface area contributed by atoms with Crippen LogP contribution in [0.25, 0.3) is 0 Å². The van der Waals surface area contributed by atoms with Crippen LogP contribution in [0.4, 0.5) is 5.69 Å². The van der Waals surface area contributed by atoms with Crippen LogP contribution in [0, 0.1) is 6.92 Å². The lowest BCUT2D eigenvalue weighted by Crippen LogP contribution is -2.43. The maximum atomic E-state index is 11.9. The number of sulfone groups is 1. The van der Waals surface area contributed by atoms with Crippen molar-refractivity contribution in [1.29, 1.82) is 0 Å². The van der Waals surface area contributed by atoms with Crippen molar-refractivity contribution in [2.75, 3.05) is 18.5 Å². The third-order valence-corrected chi connectivity index (χ3v) is 5.15. The lowest BCUT2D eigenvalue weighted by molar-refractivity contribution is 0.0951. The number of aryl methyl sites for hydroxylation is 1. The van der Waals surface area contributed by atoms with Gasteiger partial charge in [-0.1, -0.05) is 0 Å². The van der Waals surface area contributed by atoms with Crippen LogP contribution in [0.1, 0.15) is 29.9 Å². The van der Waals surface area contributed by atoms with Crippen molar-refractivity contribution in [3.63, 3.8) is 0 Å². The van der Waals surface area contributed by atoms with E-state index in [9.17, 15) is 13.2 Å². The van der Waals surface area contributed by atoms with E-state index in [1.54, 1.807) is 26.8 Å². The SMILES string of the molecule is Cc1cc(N)c(C(=O)NCC(C)(C)S(C)(=O)=O)cn1. The molecule has 0 unspecified atom stereocenters. The summed E-state index contributed by atoms with van der Waals surface area (Å²) in [5, 5.41) is 2.57. The summed E-state index contributed by atoms with van der Waals surface area (Å²) in [5.41, 5.74) is 7.01. The van der Waals surface area contributed by atoms with E-state index in [0.717, 1.165) is 6.26 Å². The first kappa shape index (κ1) is 15.4. The van der Waals surface area contributed by atoms with Crippen molar-refractivity contribution in [2.45, 2.75) is 25.5 Å². The van der Waals surface area contributed by atoms with Gasteiger partial charge >= 0.3 is 0 Å². The third-order valence-electron chi connectivity index (χ3n) is 3.00. The molecule has 19 heavy (non-hydrogen) atoms. The highest BCUT2D eigenvalue weighted by atomic mass is 32.2. The second kappa shape index (κ2) is 5.16. The Bertz CT molecular complexity index is 594. The molecule has 0 aliphatic rings. The fourth-order valence-corrected chi connectivity index (χ4v) is 1.62. The summed E-state index contributed by atoms with van der Waals surface area (Å²) >= 11 is 0. The number of nitrogen functional groups attached to an aromatic ring is 1. The Morgan fingerprint density at radius 2 is 2.05 bits per heavy atom. The number of anilines is 1. The Labute approximate surface area is 113 Å². The highest BCUT2D eigenvalue weighted by molar-refractivity contribution is 7.92. The van der Waals surface area contributed by atoms with Crippen molar-refractivity contribution < 1.29 is 13.2 Å². The molecule has 1 aromatic rings. The Morgan fingerprint density at radius 3 is 2.53 bits per heavy atom. The molecule has 0 atom stereocenters. The van der Waals surface area contributed by atoms with E-state index < -0.39 is 20.5 Å². The topological polar surface area (TPSA) is 102 Å². The number of nitrogens with two attached hydrogens (primary N) is 1. The van der Waals surface area contributed by atoms with Crippen LogP contribution in [-0.2, 0) is 9.84 Å². The van der Waals surface area contributed by atoms with E-state index >= 15 is 0 Å². The molecule has 0 radical (unpaired) electrons. The minimum atomic E-state index is -3.26. The lowest BCUT2D eigenvalue weighted by atomic mass is 10.1. The molecule has 0 aliphatic carbocycles. The number of nitrogens with zero attached hydrogens (tertiary/aromatic N) is 1. The molecule has 3 N–H and O–H groups in total. The van der Waals surface area contributed by atoms with Gasteiger partial charge in [0.1, 0.15) is 0 Å². The molecule has 106 valence electrons. The number of carbonyl (C=O) groups excluding carboxylic acids is 1. The molecule has 0 fully saturated rings. The molecule has 7 heteroatoms. The monoisotopic (exact) mass is 285 g/mol. The molecule has 1 rings (SSSR count). The van der Waals surface area contributed by atoms with Gasteiger partial charge < -0.3 is 11.1 Å². The van der Waals surface area contributed by atoms with Crippen LogP contribution in [-0.4, -0.2) is 36.9 Å². The van der Waals surface area contributed by atoms with Gasteiger partial charge in [0, 0.05) is 30.4 Å². The standard InChI is InChI=1S/C12H19N3O3S/c1-8-5-10(13)9(6-14-8)11(16)15-7-12(2,3)19(4,17)18/h5-6H,7H2,1-4H3,(H2,13,14)(H,15,16). The molecule has 6 nitrogen and oxygen atoms in total. The minimum Gasteiger partial charge on any atom is -0.398 e. The summed E-state index contributed by atoms with van der Waals surface area (Å²) in [7, 11) is -3.26. The summed E-state index contributed by atoms with van der Waals surface area (Å²) in [6.45, 7) is 4.89. The summed E-state index contributed by atoms with van der Waals surface area (Å²) in [6, 6.07) is 1.59. The number of amides is 1. The van der Waals surface area contributed by atoms with Gasteiger partial charge in [0.2, 0.25) is 0 Å². The Hall–Kier alpha value is -1.63. The van der Waals surface area contributed by atoms with Gasteiger partial charge in [0.05, 0.1) is 10.3 Å². The van der Waals surface area contributed by atoms with Crippen LogP contribution in [0.3, 0.4) is 0 Å². The predicted molar refractivity (Wildman–Crippen MR) is 74.6 cm³/mol. The van der Waals surface area contributed by atoms with Crippen molar-refractivity contribution in [3.05, 3.63) is 23.5 Å². The molecule has 0 aliphatic heterocycles. The third kappa shape index (κ3) is 3.66. The normalized spacial score (nSPS) is 12.2. The Kier molecular flexibility index (Phi) is 4.19. The number of hydrogen-bond acceptors (Lipinski definition) is 5. The predicted octanol–water partition coefficient (Wildman–Crippen LogP) is 0.525. The van der Waals surface area contributed by atoms with Crippen molar-refractivity contribution in [2.24, 2.45) is 0 Å². The molecule has 1 heterocycles. The van der Waals surface area contributed by atoms with Gasteiger partial charge in [-0.3, -0.25) is 9.78 Å². The first-order chi connectivity index (χ1) is 8.54. The fourth-order valence-electron chi connectivity index (χ4n) is 1.29. The second-order valence-corrected chi connectivity index (χ2v) is 7.78. The summed E-state index contributed by atoms with van der Waals surface area (Å²) in [4.78, 5) is 15.9. The van der Waals surface area contributed by atoms with Crippen LogP contribution in [0.2, 0.25) is 0 Å². The molecule has 0 saturated carbocycles.